The summed E-state index contributed by atoms with van der Waals surface area (Å²) in [6.07, 6.45) is 2.89. The lowest BCUT2D eigenvalue weighted by Gasteiger charge is -2.21. The Hall–Kier alpha value is -3.39. The van der Waals surface area contributed by atoms with Crippen molar-refractivity contribution in [1.82, 2.24) is 0 Å². The molecule has 3 aromatic carbocycles. The highest BCUT2D eigenvalue weighted by Crippen LogP contribution is 2.44. The molecular formula is C27H22BrF2NO4. The number of ether oxygens (including phenoxy) is 4. The lowest BCUT2D eigenvalue weighted by molar-refractivity contribution is -0.686. The fourth-order valence-electron chi connectivity index (χ4n) is 5.07. The second kappa shape index (κ2) is 9.00. The summed E-state index contributed by atoms with van der Waals surface area (Å²) < 4.78 is 54.1. The Kier molecular flexibility index (Phi) is 6.01. The zero-order chi connectivity index (χ0) is 23.4. The minimum atomic E-state index is -0.571. The molecule has 0 bridgehead atoms. The minimum absolute atomic E-state index is 0. The van der Waals surface area contributed by atoms with Crippen LogP contribution in [0.1, 0.15) is 16.7 Å². The average Bonchev–Trinajstić information content (AvgIpc) is 3.31. The summed E-state index contributed by atoms with van der Waals surface area (Å²) in [5.41, 5.74) is 3.82. The van der Waals surface area contributed by atoms with Crippen LogP contribution in [0.3, 0.4) is 0 Å². The lowest BCUT2D eigenvalue weighted by Crippen LogP contribution is -3.00. The third-order valence-corrected chi connectivity index (χ3v) is 6.66. The molecular weight excluding hydrogens is 520 g/mol. The molecule has 0 spiro atoms. The molecule has 180 valence electrons. The molecule has 2 aliphatic rings. The molecule has 2 aliphatic heterocycles. The number of methoxy groups -OCH3 is 2. The second-order valence-corrected chi connectivity index (χ2v) is 8.40. The Bertz CT molecular complexity index is 1450. The van der Waals surface area contributed by atoms with Crippen LogP contribution in [0.5, 0.6) is 23.0 Å². The Labute approximate surface area is 211 Å². The van der Waals surface area contributed by atoms with Crippen LogP contribution in [0, 0.1) is 11.6 Å². The van der Waals surface area contributed by atoms with Gasteiger partial charge in [-0.15, -0.1) is 0 Å². The molecule has 0 saturated heterocycles. The van der Waals surface area contributed by atoms with Crippen molar-refractivity contribution in [2.24, 2.45) is 0 Å². The lowest BCUT2D eigenvalue weighted by atomic mass is 9.88. The maximum Gasteiger partial charge on any atom is 0.231 e. The zero-order valence-electron chi connectivity index (χ0n) is 19.2. The Morgan fingerprint density at radius 1 is 0.914 bits per heavy atom. The van der Waals surface area contributed by atoms with E-state index in [9.17, 15) is 8.78 Å². The molecule has 6 rings (SSSR count). The molecule has 3 heterocycles. The maximum atomic E-state index is 14.8. The summed E-state index contributed by atoms with van der Waals surface area (Å²) in [5, 5.41) is 1.67. The first kappa shape index (κ1) is 23.4. The van der Waals surface area contributed by atoms with E-state index in [0.29, 0.717) is 23.8 Å². The van der Waals surface area contributed by atoms with Gasteiger partial charge in [-0.05, 0) is 42.0 Å². The van der Waals surface area contributed by atoms with Crippen LogP contribution in [-0.4, -0.2) is 21.0 Å². The molecule has 4 aromatic rings. The molecule has 35 heavy (non-hydrogen) atoms. The first-order chi connectivity index (χ1) is 16.6. The van der Waals surface area contributed by atoms with Crippen molar-refractivity contribution < 1.29 is 49.3 Å². The summed E-state index contributed by atoms with van der Waals surface area (Å²) in [7, 11) is 3.18. The second-order valence-electron chi connectivity index (χ2n) is 8.40. The molecule has 0 N–H and O–H groups in total. The van der Waals surface area contributed by atoms with E-state index in [4.69, 9.17) is 18.9 Å². The van der Waals surface area contributed by atoms with Crippen molar-refractivity contribution in [2.45, 2.75) is 19.4 Å². The molecule has 0 unspecified atom stereocenters. The minimum Gasteiger partial charge on any atom is -1.00 e. The fourth-order valence-corrected chi connectivity index (χ4v) is 5.07. The van der Waals surface area contributed by atoms with Crippen LogP contribution in [0.25, 0.3) is 22.0 Å². The molecule has 1 aromatic heterocycles. The first-order valence-electron chi connectivity index (χ1n) is 11.0. The van der Waals surface area contributed by atoms with Gasteiger partial charge >= 0.3 is 0 Å². The van der Waals surface area contributed by atoms with Gasteiger partial charge in [-0.3, -0.25) is 0 Å². The number of fused-ring (bicyclic) bond motifs is 5. The number of hydrogen-bond acceptors (Lipinski definition) is 4. The van der Waals surface area contributed by atoms with Crippen LogP contribution in [0.4, 0.5) is 8.78 Å². The van der Waals surface area contributed by atoms with Gasteiger partial charge in [0, 0.05) is 29.4 Å². The maximum absolute atomic E-state index is 14.8. The number of aryl methyl sites for hydroxylation is 2. The molecule has 0 atom stereocenters. The van der Waals surface area contributed by atoms with Gasteiger partial charge in [0.15, 0.2) is 35.7 Å². The van der Waals surface area contributed by atoms with E-state index in [0.717, 1.165) is 45.3 Å². The summed E-state index contributed by atoms with van der Waals surface area (Å²) in [6, 6.07) is 11.7. The molecule has 0 amide bonds. The van der Waals surface area contributed by atoms with E-state index in [1.165, 1.54) is 18.2 Å². The number of pyridine rings is 1. The van der Waals surface area contributed by atoms with Gasteiger partial charge in [-0.25, -0.2) is 8.78 Å². The fraction of sp³-hybridized carbons (Fsp3) is 0.222. The van der Waals surface area contributed by atoms with Crippen molar-refractivity contribution >= 4 is 10.8 Å². The Morgan fingerprint density at radius 3 is 2.37 bits per heavy atom. The number of benzene rings is 3. The number of hydrogen-bond donors (Lipinski definition) is 0. The predicted octanol–water partition coefficient (Wildman–Crippen LogP) is 1.97. The molecule has 8 heteroatoms. The van der Waals surface area contributed by atoms with E-state index in [2.05, 4.69) is 4.57 Å². The zero-order valence-corrected chi connectivity index (χ0v) is 20.7. The molecule has 0 radical (unpaired) electrons. The predicted molar refractivity (Wildman–Crippen MR) is 122 cm³/mol. The topological polar surface area (TPSA) is 40.8 Å². The van der Waals surface area contributed by atoms with Crippen LogP contribution >= 0.6 is 0 Å². The number of aromatic nitrogens is 1. The SMILES string of the molecule is COc1ccc2c(Cc3c(F)cccc3F)c3[n+](cc2c1OC)CCc1cc2c(cc1-3)OCO2.[Br-]. The van der Waals surface area contributed by atoms with E-state index < -0.39 is 11.6 Å². The Balaban J connectivity index is 0.00000253. The summed E-state index contributed by atoms with van der Waals surface area (Å²) in [4.78, 5) is 0. The third-order valence-electron chi connectivity index (χ3n) is 6.66. The van der Waals surface area contributed by atoms with Crippen molar-refractivity contribution in [2.75, 3.05) is 21.0 Å². The number of nitrogens with zero attached hydrogens (tertiary/aromatic N) is 1. The van der Waals surface area contributed by atoms with E-state index in [1.54, 1.807) is 14.2 Å². The van der Waals surface area contributed by atoms with Gasteiger partial charge in [-0.2, -0.15) is 4.57 Å². The third kappa shape index (κ3) is 3.67. The van der Waals surface area contributed by atoms with Crippen molar-refractivity contribution in [3.63, 3.8) is 0 Å². The largest absolute Gasteiger partial charge is 1.00 e. The normalized spacial score (nSPS) is 13.1. The quantitative estimate of drug-likeness (QED) is 0.370. The smallest absolute Gasteiger partial charge is 0.231 e. The molecule has 5 nitrogen and oxygen atoms in total. The summed E-state index contributed by atoms with van der Waals surface area (Å²) in [5.74, 6) is 1.43. The highest BCUT2D eigenvalue weighted by atomic mass is 79.9. The summed E-state index contributed by atoms with van der Waals surface area (Å²) >= 11 is 0. The van der Waals surface area contributed by atoms with E-state index >= 15 is 0 Å². The van der Waals surface area contributed by atoms with Crippen LogP contribution in [0.2, 0.25) is 0 Å². The van der Waals surface area contributed by atoms with Gasteiger partial charge in [0.1, 0.15) is 11.6 Å². The first-order valence-corrected chi connectivity index (χ1v) is 11.0. The average molecular weight is 542 g/mol. The highest BCUT2D eigenvalue weighted by Gasteiger charge is 2.33. The van der Waals surface area contributed by atoms with E-state index in [1.807, 2.05) is 30.5 Å². The molecule has 0 fully saturated rings. The van der Waals surface area contributed by atoms with Crippen molar-refractivity contribution in [3.05, 3.63) is 77.0 Å². The number of rotatable bonds is 4. The Morgan fingerprint density at radius 2 is 1.66 bits per heavy atom. The van der Waals surface area contributed by atoms with Crippen LogP contribution in [-0.2, 0) is 19.4 Å². The van der Waals surface area contributed by atoms with Gasteiger partial charge in [0.05, 0.1) is 25.2 Å². The molecule has 0 aliphatic carbocycles. The van der Waals surface area contributed by atoms with Crippen LogP contribution < -0.4 is 40.5 Å². The van der Waals surface area contributed by atoms with Gasteiger partial charge < -0.3 is 35.9 Å². The highest BCUT2D eigenvalue weighted by molar-refractivity contribution is 5.95. The van der Waals surface area contributed by atoms with Crippen molar-refractivity contribution in [3.8, 4) is 34.3 Å². The standard InChI is InChI=1S/C27H22F2NO4.BrH/c1-31-23-7-6-16-18(11-19-21(28)4-3-5-22(19)29)26-17-12-25-24(33-14-34-25)10-15(17)8-9-30(26)13-20(16)27(23)32-2;/h3-7,10,12-13H,8-9,11,14H2,1-2H3;1H/q+1;/p-1. The molecule has 0 saturated carbocycles. The monoisotopic (exact) mass is 541 g/mol. The van der Waals surface area contributed by atoms with Gasteiger partial charge in [0.25, 0.3) is 0 Å². The summed E-state index contributed by atoms with van der Waals surface area (Å²) in [6.45, 7) is 0.880. The van der Waals surface area contributed by atoms with Crippen molar-refractivity contribution in [1.29, 1.82) is 0 Å². The van der Waals surface area contributed by atoms with Gasteiger partial charge in [-0.1, -0.05) is 6.07 Å². The van der Waals surface area contributed by atoms with E-state index in [-0.39, 0.29) is 35.8 Å². The number of halogens is 3. The van der Waals surface area contributed by atoms with Crippen LogP contribution in [0.15, 0.2) is 48.7 Å². The van der Waals surface area contributed by atoms with Gasteiger partial charge in [0.2, 0.25) is 12.5 Å².